The summed E-state index contributed by atoms with van der Waals surface area (Å²) in [6, 6.07) is 2.29. The third kappa shape index (κ3) is 3.49. The van der Waals surface area contributed by atoms with E-state index in [0.717, 1.165) is 37.9 Å². The monoisotopic (exact) mass is 345 g/mol. The number of nitrogens with two attached hydrogens (primary N) is 1. The maximum Gasteiger partial charge on any atom is 0.150 e. The molecule has 3 rings (SSSR count). The molecule has 1 aromatic heterocycles. The average molecular weight is 346 g/mol. The van der Waals surface area contributed by atoms with E-state index in [1.165, 1.54) is 27.3 Å². The first-order chi connectivity index (χ1) is 9.95. The summed E-state index contributed by atoms with van der Waals surface area (Å²) in [5.41, 5.74) is 7.95. The number of sulfone groups is 1. The molecule has 1 aromatic rings. The van der Waals surface area contributed by atoms with E-state index in [0.29, 0.717) is 5.92 Å². The van der Waals surface area contributed by atoms with Crippen molar-refractivity contribution in [2.24, 2.45) is 11.7 Å². The molecule has 0 spiro atoms. The lowest BCUT2D eigenvalue weighted by atomic mass is 9.83. The Hall–Kier alpha value is -0.0400. The van der Waals surface area contributed by atoms with Gasteiger partial charge < -0.3 is 5.73 Å². The predicted octanol–water partition coefficient (Wildman–Crippen LogP) is 3.14. The largest absolute Gasteiger partial charge is 0.323 e. The quantitative estimate of drug-likeness (QED) is 0.914. The van der Waals surface area contributed by atoms with Crippen LogP contribution < -0.4 is 5.73 Å². The van der Waals surface area contributed by atoms with Crippen molar-refractivity contribution in [3.05, 3.63) is 21.4 Å². The van der Waals surface area contributed by atoms with Crippen molar-refractivity contribution in [2.45, 2.75) is 49.1 Å². The van der Waals surface area contributed by atoms with Crippen molar-refractivity contribution in [2.75, 3.05) is 12.0 Å². The minimum absolute atomic E-state index is 0.00940. The Kier molecular flexibility index (Phi) is 4.69. The highest BCUT2D eigenvalue weighted by Gasteiger charge is 2.33. The molecular weight excluding hydrogens is 322 g/mol. The van der Waals surface area contributed by atoms with Crippen LogP contribution in [0.3, 0.4) is 0 Å². The molecule has 0 bridgehead atoms. The van der Waals surface area contributed by atoms with Gasteiger partial charge in [-0.05, 0) is 49.0 Å². The Morgan fingerprint density at radius 1 is 1.38 bits per heavy atom. The average Bonchev–Trinajstić information content (AvgIpc) is 2.89. The van der Waals surface area contributed by atoms with Crippen molar-refractivity contribution in [1.82, 2.24) is 0 Å². The first-order valence-corrected chi connectivity index (χ1v) is 11.5. The van der Waals surface area contributed by atoms with Crippen molar-refractivity contribution < 1.29 is 8.42 Å². The van der Waals surface area contributed by atoms with Gasteiger partial charge in [-0.1, -0.05) is 6.42 Å². The van der Waals surface area contributed by atoms with Crippen molar-refractivity contribution >= 4 is 32.9 Å². The van der Waals surface area contributed by atoms with Crippen LogP contribution in [0.5, 0.6) is 0 Å². The molecule has 0 saturated heterocycles. The fourth-order valence-electron chi connectivity index (χ4n) is 3.46. The van der Waals surface area contributed by atoms with Gasteiger partial charge >= 0.3 is 0 Å². The Morgan fingerprint density at radius 3 is 2.90 bits per heavy atom. The van der Waals surface area contributed by atoms with Crippen LogP contribution in [0.4, 0.5) is 0 Å². The van der Waals surface area contributed by atoms with E-state index < -0.39 is 9.84 Å². The number of thioether (sulfide) groups is 1. The Balaban J connectivity index is 1.75. The number of hydrogen-bond acceptors (Lipinski definition) is 5. The van der Waals surface area contributed by atoms with Gasteiger partial charge in [0.1, 0.15) is 9.84 Å². The fraction of sp³-hybridized carbons (Fsp3) is 0.733. The fourth-order valence-corrected chi connectivity index (χ4v) is 7.13. The summed E-state index contributed by atoms with van der Waals surface area (Å²) in [6.45, 7) is 0. The van der Waals surface area contributed by atoms with Gasteiger partial charge in [0.15, 0.2) is 0 Å². The second-order valence-electron chi connectivity index (χ2n) is 6.30. The summed E-state index contributed by atoms with van der Waals surface area (Å²) in [5.74, 6) is 2.63. The van der Waals surface area contributed by atoms with Crippen LogP contribution in [0.25, 0.3) is 0 Å². The molecule has 1 saturated carbocycles. The topological polar surface area (TPSA) is 60.2 Å². The second kappa shape index (κ2) is 6.22. The van der Waals surface area contributed by atoms with E-state index in [1.54, 1.807) is 0 Å². The molecule has 21 heavy (non-hydrogen) atoms. The molecule has 6 heteroatoms. The lowest BCUT2D eigenvalue weighted by molar-refractivity contribution is 0.311. The molecule has 3 nitrogen and oxygen atoms in total. The van der Waals surface area contributed by atoms with Crippen molar-refractivity contribution in [3.63, 3.8) is 0 Å². The van der Waals surface area contributed by atoms with Gasteiger partial charge in [-0.25, -0.2) is 8.42 Å². The number of fused-ring (bicyclic) bond motifs is 1. The summed E-state index contributed by atoms with van der Waals surface area (Å²) in [6.07, 6.45) is 6.11. The minimum atomic E-state index is -2.93. The van der Waals surface area contributed by atoms with E-state index >= 15 is 0 Å². The van der Waals surface area contributed by atoms with Crippen molar-refractivity contribution in [1.29, 1.82) is 0 Å². The zero-order valence-electron chi connectivity index (χ0n) is 12.4. The van der Waals surface area contributed by atoms with Gasteiger partial charge in [0.25, 0.3) is 0 Å². The molecule has 3 unspecified atom stereocenters. The molecule has 0 radical (unpaired) electrons. The zero-order chi connectivity index (χ0) is 15.0. The first-order valence-electron chi connectivity index (χ1n) is 7.59. The molecule has 1 fully saturated rings. The molecule has 0 aromatic carbocycles. The Morgan fingerprint density at radius 2 is 2.19 bits per heavy atom. The van der Waals surface area contributed by atoms with E-state index in [4.69, 9.17) is 5.73 Å². The number of hydrogen-bond donors (Lipinski definition) is 1. The van der Waals surface area contributed by atoms with E-state index in [-0.39, 0.29) is 11.3 Å². The maximum absolute atomic E-state index is 11.8. The highest BCUT2D eigenvalue weighted by atomic mass is 32.2. The van der Waals surface area contributed by atoms with Crippen LogP contribution in [0.2, 0.25) is 0 Å². The second-order valence-corrected chi connectivity index (χ2v) is 10.9. The molecule has 2 N–H and O–H groups in total. The summed E-state index contributed by atoms with van der Waals surface area (Å²) in [5, 5.41) is -0.188. The lowest BCUT2D eigenvalue weighted by Crippen LogP contribution is -2.32. The van der Waals surface area contributed by atoms with Gasteiger partial charge in [-0.15, -0.1) is 11.3 Å². The van der Waals surface area contributed by atoms with Gasteiger partial charge in [-0.2, -0.15) is 11.8 Å². The molecule has 1 aliphatic heterocycles. The Labute approximate surface area is 135 Å². The van der Waals surface area contributed by atoms with Crippen LogP contribution in [-0.4, -0.2) is 25.7 Å². The van der Waals surface area contributed by atoms with Crippen molar-refractivity contribution in [3.8, 4) is 0 Å². The van der Waals surface area contributed by atoms with E-state index in [2.05, 4.69) is 6.07 Å². The van der Waals surface area contributed by atoms with Gasteiger partial charge in [0.05, 0.1) is 5.25 Å². The summed E-state index contributed by atoms with van der Waals surface area (Å²) in [4.78, 5) is 2.76. The lowest BCUT2D eigenvalue weighted by Gasteiger charge is -2.31. The predicted molar refractivity (Wildman–Crippen MR) is 91.7 cm³/mol. The van der Waals surface area contributed by atoms with E-state index in [1.807, 2.05) is 23.1 Å². The summed E-state index contributed by atoms with van der Waals surface area (Å²) in [7, 11) is -2.93. The standard InChI is InChI=1S/C15H23NO2S3/c1-21(17,18)12-4-2-3-10(7-12)15(16)14-8-11-9-19-6-5-13(11)20-14/h8,10,12,15H,2-7,9,16H2,1H3. The van der Waals surface area contributed by atoms with Crippen LogP contribution in [-0.2, 0) is 22.0 Å². The van der Waals surface area contributed by atoms with Gasteiger partial charge in [-0.3, -0.25) is 0 Å². The van der Waals surface area contributed by atoms with Crippen LogP contribution in [0.15, 0.2) is 6.07 Å². The molecule has 3 atom stereocenters. The molecular formula is C15H23NO2S3. The smallest absolute Gasteiger partial charge is 0.150 e. The first kappa shape index (κ1) is 15.8. The molecule has 2 aliphatic rings. The van der Waals surface area contributed by atoms with Crippen LogP contribution >= 0.6 is 23.1 Å². The molecule has 1 aliphatic carbocycles. The zero-order valence-corrected chi connectivity index (χ0v) is 14.8. The van der Waals surface area contributed by atoms with E-state index in [9.17, 15) is 8.42 Å². The minimum Gasteiger partial charge on any atom is -0.323 e. The van der Waals surface area contributed by atoms with Gasteiger partial charge in [0.2, 0.25) is 0 Å². The number of rotatable bonds is 3. The Bertz CT molecular complexity index is 585. The normalized spacial score (nSPS) is 28.1. The highest BCUT2D eigenvalue weighted by Crippen LogP contribution is 2.40. The third-order valence-corrected chi connectivity index (χ3v) is 8.74. The maximum atomic E-state index is 11.8. The molecule has 118 valence electrons. The highest BCUT2D eigenvalue weighted by molar-refractivity contribution is 7.98. The van der Waals surface area contributed by atoms with Crippen LogP contribution in [0, 0.1) is 5.92 Å². The summed E-state index contributed by atoms with van der Waals surface area (Å²) >= 11 is 3.85. The third-order valence-electron chi connectivity index (χ3n) is 4.76. The van der Waals surface area contributed by atoms with Crippen LogP contribution in [0.1, 0.15) is 47.0 Å². The number of thiophene rings is 1. The molecule has 0 amide bonds. The number of aryl methyl sites for hydroxylation is 1. The molecule has 2 heterocycles. The van der Waals surface area contributed by atoms with Gasteiger partial charge in [0, 0.05) is 27.8 Å². The summed E-state index contributed by atoms with van der Waals surface area (Å²) < 4.78 is 23.6. The SMILES string of the molecule is CS(=O)(=O)C1CCCC(C(N)c2cc3c(s2)CCSC3)C1.